The third-order valence-electron chi connectivity index (χ3n) is 4.01. The Bertz CT molecular complexity index is 467. The lowest BCUT2D eigenvalue weighted by Crippen LogP contribution is -2.44. The highest BCUT2D eigenvalue weighted by molar-refractivity contribution is 7.80. The summed E-state index contributed by atoms with van der Waals surface area (Å²) in [5.41, 5.74) is 0. The van der Waals surface area contributed by atoms with Crippen LogP contribution in [-0.2, 0) is 38.9 Å². The maximum atomic E-state index is 12.1. The Kier molecular flexibility index (Phi) is 4.88. The number of rotatable bonds is 5. The van der Waals surface area contributed by atoms with Crippen LogP contribution in [-0.4, -0.2) is 58.8 Å². The van der Waals surface area contributed by atoms with Gasteiger partial charge in [-0.15, -0.1) is 0 Å². The predicted molar refractivity (Wildman–Crippen MR) is 81.8 cm³/mol. The molecular formula is C15H26O7S. The largest absolute Gasteiger partial charge is 0.348 e. The Hall–Kier alpha value is -0.0900. The van der Waals surface area contributed by atoms with E-state index in [1.807, 2.05) is 34.6 Å². The second-order valence-corrected chi connectivity index (χ2v) is 8.21. The molecule has 0 aliphatic carbocycles. The van der Waals surface area contributed by atoms with E-state index in [4.69, 9.17) is 27.9 Å². The molecule has 7 nitrogen and oxygen atoms in total. The fourth-order valence-electron chi connectivity index (χ4n) is 3.13. The Morgan fingerprint density at radius 3 is 2.43 bits per heavy atom. The van der Waals surface area contributed by atoms with E-state index >= 15 is 0 Å². The van der Waals surface area contributed by atoms with Crippen LogP contribution in [0.15, 0.2) is 0 Å². The normalized spacial score (nSPS) is 42.7. The molecule has 0 bridgehead atoms. The lowest BCUT2D eigenvalue weighted by atomic mass is 10.1. The molecule has 0 saturated carbocycles. The van der Waals surface area contributed by atoms with Crippen molar-refractivity contribution < 1.29 is 32.1 Å². The van der Waals surface area contributed by atoms with E-state index in [-0.39, 0.29) is 6.10 Å². The fourth-order valence-corrected chi connectivity index (χ4v) is 4.03. The third-order valence-corrected chi connectivity index (χ3v) is 5.19. The first-order valence-electron chi connectivity index (χ1n) is 8.09. The zero-order chi connectivity index (χ0) is 16.8. The molecule has 0 N–H and O–H groups in total. The number of hydrogen-bond donors (Lipinski definition) is 0. The summed E-state index contributed by atoms with van der Waals surface area (Å²) in [7, 11) is 0. The van der Waals surface area contributed by atoms with Crippen molar-refractivity contribution in [1.82, 2.24) is 0 Å². The van der Waals surface area contributed by atoms with Gasteiger partial charge in [0, 0.05) is 5.75 Å². The highest BCUT2D eigenvalue weighted by atomic mass is 32.2. The Morgan fingerprint density at radius 1 is 1.09 bits per heavy atom. The van der Waals surface area contributed by atoms with Crippen LogP contribution in [0.4, 0.5) is 0 Å². The van der Waals surface area contributed by atoms with Crippen molar-refractivity contribution in [2.45, 2.75) is 83.3 Å². The summed E-state index contributed by atoms with van der Waals surface area (Å²) >= 11 is -1.40. The maximum absolute atomic E-state index is 12.1. The van der Waals surface area contributed by atoms with E-state index in [1.165, 1.54) is 0 Å². The summed E-state index contributed by atoms with van der Waals surface area (Å²) in [6.45, 7) is 9.69. The van der Waals surface area contributed by atoms with Crippen molar-refractivity contribution in [3.8, 4) is 0 Å². The molecule has 134 valence electrons. The van der Waals surface area contributed by atoms with Gasteiger partial charge in [-0.3, -0.25) is 4.18 Å². The lowest BCUT2D eigenvalue weighted by molar-refractivity contribution is -0.230. The molecule has 0 aromatic carbocycles. The van der Waals surface area contributed by atoms with Gasteiger partial charge in [0.15, 0.2) is 28.9 Å². The van der Waals surface area contributed by atoms with Crippen molar-refractivity contribution in [3.63, 3.8) is 0 Å². The number of ether oxygens (including phenoxy) is 5. The minimum Gasteiger partial charge on any atom is -0.348 e. The van der Waals surface area contributed by atoms with Crippen molar-refractivity contribution in [2.24, 2.45) is 0 Å². The van der Waals surface area contributed by atoms with Gasteiger partial charge in [0.25, 0.3) is 0 Å². The standard InChI is InChI=1S/C15H26O7S/c1-6-7-23(16)22-11-10(9-8-17-14(2,3)19-9)18-13-12(11)20-15(4,5)21-13/h9-13H,6-8H2,1-5H3/t9-,10+,11-,12+,13+,23-/m0/s1. The zero-order valence-corrected chi connectivity index (χ0v) is 15.1. The molecule has 0 unspecified atom stereocenters. The summed E-state index contributed by atoms with van der Waals surface area (Å²) in [5.74, 6) is -0.946. The molecule has 0 spiro atoms. The molecule has 23 heavy (non-hydrogen) atoms. The van der Waals surface area contributed by atoms with Crippen LogP contribution in [0.1, 0.15) is 41.0 Å². The lowest BCUT2D eigenvalue weighted by Gasteiger charge is -2.28. The monoisotopic (exact) mass is 350 g/mol. The maximum Gasteiger partial charge on any atom is 0.190 e. The third kappa shape index (κ3) is 3.78. The first kappa shape index (κ1) is 17.7. The molecule has 3 saturated heterocycles. The molecule has 3 aliphatic heterocycles. The van der Waals surface area contributed by atoms with Crippen LogP contribution in [0.5, 0.6) is 0 Å². The van der Waals surface area contributed by atoms with Crippen LogP contribution in [0.25, 0.3) is 0 Å². The topological polar surface area (TPSA) is 72.5 Å². The van der Waals surface area contributed by atoms with Crippen LogP contribution in [0, 0.1) is 0 Å². The van der Waals surface area contributed by atoms with Crippen LogP contribution in [0.2, 0.25) is 0 Å². The van der Waals surface area contributed by atoms with E-state index in [2.05, 4.69) is 0 Å². The molecule has 3 aliphatic rings. The quantitative estimate of drug-likeness (QED) is 0.743. The minimum atomic E-state index is -1.40. The number of fused-ring (bicyclic) bond motifs is 1. The Morgan fingerprint density at radius 2 is 1.83 bits per heavy atom. The first-order chi connectivity index (χ1) is 10.7. The number of hydrogen-bond acceptors (Lipinski definition) is 7. The van der Waals surface area contributed by atoms with Crippen LogP contribution >= 0.6 is 0 Å². The van der Waals surface area contributed by atoms with Crippen molar-refractivity contribution in [1.29, 1.82) is 0 Å². The highest BCUT2D eigenvalue weighted by Gasteiger charge is 2.59. The van der Waals surface area contributed by atoms with Gasteiger partial charge in [0.2, 0.25) is 0 Å². The fraction of sp³-hybridized carbons (Fsp3) is 1.00. The molecule has 3 fully saturated rings. The Balaban J connectivity index is 1.75. The molecule has 0 radical (unpaired) electrons. The van der Waals surface area contributed by atoms with Gasteiger partial charge in [-0.1, -0.05) is 6.92 Å². The van der Waals surface area contributed by atoms with Gasteiger partial charge in [-0.05, 0) is 34.1 Å². The summed E-state index contributed by atoms with van der Waals surface area (Å²) in [4.78, 5) is 0. The average molecular weight is 350 g/mol. The second-order valence-electron chi connectivity index (χ2n) is 7.01. The minimum absolute atomic E-state index is 0.311. The summed E-state index contributed by atoms with van der Waals surface area (Å²) in [6, 6.07) is 0. The van der Waals surface area contributed by atoms with E-state index in [0.29, 0.717) is 12.4 Å². The molecule has 0 amide bonds. The van der Waals surface area contributed by atoms with Gasteiger partial charge in [0.05, 0.1) is 6.61 Å². The van der Waals surface area contributed by atoms with Crippen molar-refractivity contribution in [3.05, 3.63) is 0 Å². The van der Waals surface area contributed by atoms with E-state index in [1.54, 1.807) is 0 Å². The molecule has 3 heterocycles. The van der Waals surface area contributed by atoms with Gasteiger partial charge in [-0.2, -0.15) is 0 Å². The molecule has 6 atom stereocenters. The smallest absolute Gasteiger partial charge is 0.190 e. The van der Waals surface area contributed by atoms with E-state index in [0.717, 1.165) is 6.42 Å². The van der Waals surface area contributed by atoms with E-state index < -0.39 is 47.3 Å². The summed E-state index contributed by atoms with van der Waals surface area (Å²) in [6.07, 6.45) is -1.47. The van der Waals surface area contributed by atoms with Gasteiger partial charge in [0.1, 0.15) is 24.4 Å². The molecule has 0 aromatic heterocycles. The zero-order valence-electron chi connectivity index (χ0n) is 14.3. The average Bonchev–Trinajstić information content (AvgIpc) is 3.01. The van der Waals surface area contributed by atoms with Crippen molar-refractivity contribution >= 4 is 11.1 Å². The van der Waals surface area contributed by atoms with Crippen LogP contribution < -0.4 is 0 Å². The van der Waals surface area contributed by atoms with Crippen LogP contribution in [0.3, 0.4) is 0 Å². The summed E-state index contributed by atoms with van der Waals surface area (Å²) in [5, 5.41) is 0. The highest BCUT2D eigenvalue weighted by Crippen LogP contribution is 2.42. The molecular weight excluding hydrogens is 324 g/mol. The molecule has 0 aromatic rings. The predicted octanol–water partition coefficient (Wildman–Crippen LogP) is 1.47. The van der Waals surface area contributed by atoms with Crippen molar-refractivity contribution in [2.75, 3.05) is 12.4 Å². The summed E-state index contributed by atoms with van der Waals surface area (Å²) < 4.78 is 47.0. The molecule has 8 heteroatoms. The Labute approximate surface area is 139 Å². The van der Waals surface area contributed by atoms with Gasteiger partial charge in [-0.25, -0.2) is 4.21 Å². The molecule has 3 rings (SSSR count). The van der Waals surface area contributed by atoms with E-state index in [9.17, 15) is 4.21 Å². The SMILES string of the molecule is CCC[S@@](=O)O[C@@H]1[C@H]2OC(C)(C)O[C@H]2O[C@@H]1[C@@H]1COC(C)(C)O1. The second kappa shape index (κ2) is 6.33. The van der Waals surface area contributed by atoms with Gasteiger partial charge >= 0.3 is 0 Å². The first-order valence-corrected chi connectivity index (χ1v) is 9.33. The van der Waals surface area contributed by atoms with Gasteiger partial charge < -0.3 is 23.7 Å².